The minimum atomic E-state index is -0.147. The van der Waals surface area contributed by atoms with Crippen molar-refractivity contribution in [3.63, 3.8) is 0 Å². The summed E-state index contributed by atoms with van der Waals surface area (Å²) in [4.78, 5) is 31.1. The van der Waals surface area contributed by atoms with E-state index in [1.165, 1.54) is 11.8 Å². The number of hydrogen-bond donors (Lipinski definition) is 1. The SMILES string of the molecule is CCN(CC)CCNC(=O)CN1C(=O)/C(=C/c2ccccc2)Sc2ccccc21. The first-order chi connectivity index (χ1) is 14.1. The molecule has 1 aliphatic heterocycles. The van der Waals surface area contributed by atoms with Crippen LogP contribution in [-0.2, 0) is 9.59 Å². The summed E-state index contributed by atoms with van der Waals surface area (Å²) in [6, 6.07) is 17.5. The Kier molecular flexibility index (Phi) is 7.49. The maximum atomic E-state index is 13.2. The number of likely N-dealkylation sites (N-methyl/N-ethyl adjacent to an activating group) is 1. The average Bonchev–Trinajstić information content (AvgIpc) is 2.75. The molecule has 1 heterocycles. The highest BCUT2D eigenvalue weighted by atomic mass is 32.2. The molecule has 0 unspecified atom stereocenters. The number of rotatable bonds is 8. The second kappa shape index (κ2) is 10.3. The molecule has 0 bridgehead atoms. The van der Waals surface area contributed by atoms with Crippen molar-refractivity contribution in [1.82, 2.24) is 10.2 Å². The molecular weight excluding hydrogens is 382 g/mol. The Labute approximate surface area is 176 Å². The third-order valence-corrected chi connectivity index (χ3v) is 5.95. The van der Waals surface area contributed by atoms with Crippen molar-refractivity contribution in [3.05, 3.63) is 65.1 Å². The van der Waals surface area contributed by atoms with Crippen molar-refractivity contribution in [2.45, 2.75) is 18.7 Å². The van der Waals surface area contributed by atoms with Crippen LogP contribution >= 0.6 is 11.8 Å². The maximum Gasteiger partial charge on any atom is 0.265 e. The van der Waals surface area contributed by atoms with Gasteiger partial charge in [-0.25, -0.2) is 0 Å². The van der Waals surface area contributed by atoms with Crippen LogP contribution in [0.3, 0.4) is 0 Å². The predicted octanol–water partition coefficient (Wildman–Crippen LogP) is 3.62. The van der Waals surface area contributed by atoms with Crippen LogP contribution in [0.15, 0.2) is 64.4 Å². The van der Waals surface area contributed by atoms with Crippen molar-refractivity contribution in [2.24, 2.45) is 0 Å². The molecule has 2 amide bonds. The fourth-order valence-corrected chi connectivity index (χ4v) is 4.27. The van der Waals surface area contributed by atoms with E-state index in [-0.39, 0.29) is 18.4 Å². The standard InChI is InChI=1S/C23H27N3O2S/c1-3-25(4-2)15-14-24-22(27)17-26-19-12-8-9-13-20(19)29-21(23(26)28)16-18-10-6-5-7-11-18/h5-13,16H,3-4,14-15,17H2,1-2H3,(H,24,27)/b21-16-. The summed E-state index contributed by atoms with van der Waals surface area (Å²) >= 11 is 1.45. The van der Waals surface area contributed by atoms with Gasteiger partial charge >= 0.3 is 0 Å². The zero-order valence-electron chi connectivity index (χ0n) is 16.9. The number of nitrogens with one attached hydrogen (secondary N) is 1. The van der Waals surface area contributed by atoms with Crippen LogP contribution in [0.1, 0.15) is 19.4 Å². The van der Waals surface area contributed by atoms with E-state index in [0.29, 0.717) is 11.4 Å². The zero-order valence-corrected chi connectivity index (χ0v) is 17.7. The third-order valence-electron chi connectivity index (χ3n) is 4.88. The molecule has 29 heavy (non-hydrogen) atoms. The maximum absolute atomic E-state index is 13.2. The van der Waals surface area contributed by atoms with Gasteiger partial charge in [0, 0.05) is 18.0 Å². The summed E-state index contributed by atoms with van der Waals surface area (Å²) in [5, 5.41) is 2.94. The first-order valence-corrected chi connectivity index (χ1v) is 10.8. The molecule has 152 valence electrons. The second-order valence-corrected chi connectivity index (χ2v) is 7.84. The first kappa shape index (κ1) is 21.1. The number of benzene rings is 2. The van der Waals surface area contributed by atoms with Crippen LogP contribution in [0, 0.1) is 0 Å². The van der Waals surface area contributed by atoms with Gasteiger partial charge in [-0.1, -0.05) is 68.1 Å². The van der Waals surface area contributed by atoms with E-state index in [1.807, 2.05) is 60.7 Å². The van der Waals surface area contributed by atoms with Crippen LogP contribution in [-0.4, -0.2) is 49.4 Å². The number of fused-ring (bicyclic) bond motifs is 1. The molecule has 0 radical (unpaired) electrons. The summed E-state index contributed by atoms with van der Waals surface area (Å²) in [6.07, 6.45) is 1.88. The molecule has 3 rings (SSSR count). The Hall–Kier alpha value is -2.57. The molecule has 0 aliphatic carbocycles. The fraction of sp³-hybridized carbons (Fsp3) is 0.304. The Bertz CT molecular complexity index is 879. The quantitative estimate of drug-likeness (QED) is 0.677. The van der Waals surface area contributed by atoms with E-state index in [0.717, 1.165) is 35.8 Å². The highest BCUT2D eigenvalue weighted by Crippen LogP contribution is 2.41. The van der Waals surface area contributed by atoms with Gasteiger partial charge in [-0.3, -0.25) is 14.5 Å². The summed E-state index contributed by atoms with van der Waals surface area (Å²) in [7, 11) is 0. The Morgan fingerprint density at radius 2 is 1.76 bits per heavy atom. The lowest BCUT2D eigenvalue weighted by Gasteiger charge is -2.30. The summed E-state index contributed by atoms with van der Waals surface area (Å²) in [6.45, 7) is 7.51. The lowest BCUT2D eigenvalue weighted by atomic mass is 10.2. The molecule has 0 aromatic heterocycles. The van der Waals surface area contributed by atoms with Gasteiger partial charge < -0.3 is 10.2 Å². The first-order valence-electron chi connectivity index (χ1n) is 9.97. The summed E-state index contributed by atoms with van der Waals surface area (Å²) in [5.41, 5.74) is 1.75. The normalized spacial score (nSPS) is 14.9. The lowest BCUT2D eigenvalue weighted by Crippen LogP contribution is -2.44. The molecule has 0 saturated heterocycles. The van der Waals surface area contributed by atoms with Crippen molar-refractivity contribution < 1.29 is 9.59 Å². The summed E-state index contributed by atoms with van der Waals surface area (Å²) in [5.74, 6) is -0.289. The molecule has 6 heteroatoms. The van der Waals surface area contributed by atoms with Gasteiger partial charge in [0.1, 0.15) is 6.54 Å². The van der Waals surface area contributed by atoms with Crippen LogP contribution in [0.4, 0.5) is 5.69 Å². The number of nitrogens with zero attached hydrogens (tertiary/aromatic N) is 2. The molecule has 2 aromatic rings. The lowest BCUT2D eigenvalue weighted by molar-refractivity contribution is -0.122. The van der Waals surface area contributed by atoms with Gasteiger partial charge in [0.25, 0.3) is 5.91 Å². The van der Waals surface area contributed by atoms with E-state index >= 15 is 0 Å². The number of hydrogen-bond acceptors (Lipinski definition) is 4. The smallest absolute Gasteiger partial charge is 0.265 e. The van der Waals surface area contributed by atoms with Crippen LogP contribution in [0.2, 0.25) is 0 Å². The summed E-state index contributed by atoms with van der Waals surface area (Å²) < 4.78 is 0. The van der Waals surface area contributed by atoms with E-state index in [9.17, 15) is 9.59 Å². The minimum absolute atomic E-state index is 0.0147. The molecule has 1 aliphatic rings. The molecule has 1 N–H and O–H groups in total. The van der Waals surface area contributed by atoms with Gasteiger partial charge in [-0.05, 0) is 36.9 Å². The monoisotopic (exact) mass is 409 g/mol. The van der Waals surface area contributed by atoms with Gasteiger partial charge in [-0.15, -0.1) is 0 Å². The predicted molar refractivity (Wildman–Crippen MR) is 120 cm³/mol. The van der Waals surface area contributed by atoms with E-state index in [1.54, 1.807) is 4.90 Å². The molecule has 0 fully saturated rings. The van der Waals surface area contributed by atoms with Gasteiger partial charge in [0.2, 0.25) is 5.91 Å². The van der Waals surface area contributed by atoms with Crippen LogP contribution < -0.4 is 10.2 Å². The molecule has 5 nitrogen and oxygen atoms in total. The second-order valence-electron chi connectivity index (χ2n) is 6.76. The number of para-hydroxylation sites is 1. The Morgan fingerprint density at radius 3 is 2.48 bits per heavy atom. The van der Waals surface area contributed by atoms with Crippen molar-refractivity contribution >= 4 is 35.3 Å². The van der Waals surface area contributed by atoms with Crippen LogP contribution in [0.5, 0.6) is 0 Å². The Morgan fingerprint density at radius 1 is 1.07 bits per heavy atom. The molecule has 0 atom stereocenters. The number of carbonyl (C=O) groups excluding carboxylic acids is 2. The van der Waals surface area contributed by atoms with Gasteiger partial charge in [-0.2, -0.15) is 0 Å². The molecule has 0 spiro atoms. The fourth-order valence-electron chi connectivity index (χ4n) is 3.21. The van der Waals surface area contributed by atoms with E-state index < -0.39 is 0 Å². The van der Waals surface area contributed by atoms with Crippen molar-refractivity contribution in [1.29, 1.82) is 0 Å². The molecule has 2 aromatic carbocycles. The number of amides is 2. The third kappa shape index (κ3) is 5.49. The topological polar surface area (TPSA) is 52.7 Å². The highest BCUT2D eigenvalue weighted by Gasteiger charge is 2.30. The van der Waals surface area contributed by atoms with Crippen molar-refractivity contribution in [3.8, 4) is 0 Å². The average molecular weight is 410 g/mol. The number of carbonyl (C=O) groups is 2. The van der Waals surface area contributed by atoms with Gasteiger partial charge in [0.15, 0.2) is 0 Å². The van der Waals surface area contributed by atoms with E-state index in [4.69, 9.17) is 0 Å². The molecular formula is C23H27N3O2S. The highest BCUT2D eigenvalue weighted by molar-refractivity contribution is 8.04. The van der Waals surface area contributed by atoms with Crippen LogP contribution in [0.25, 0.3) is 6.08 Å². The van der Waals surface area contributed by atoms with E-state index in [2.05, 4.69) is 24.1 Å². The number of anilines is 1. The molecule has 0 saturated carbocycles. The number of thioether (sulfide) groups is 1. The zero-order chi connectivity index (χ0) is 20.6. The minimum Gasteiger partial charge on any atom is -0.353 e. The van der Waals surface area contributed by atoms with Crippen molar-refractivity contribution in [2.75, 3.05) is 37.6 Å². The Balaban J connectivity index is 1.75. The largest absolute Gasteiger partial charge is 0.353 e. The van der Waals surface area contributed by atoms with Gasteiger partial charge in [0.05, 0.1) is 10.6 Å².